The van der Waals surface area contributed by atoms with E-state index in [0.29, 0.717) is 12.1 Å². The van der Waals surface area contributed by atoms with Crippen molar-refractivity contribution in [2.24, 2.45) is 5.92 Å². The third kappa shape index (κ3) is 5.53. The molecule has 0 amide bonds. The monoisotopic (exact) mass is 213 g/mol. The lowest BCUT2D eigenvalue weighted by Crippen LogP contribution is -2.21. The highest BCUT2D eigenvalue weighted by Crippen LogP contribution is 2.16. The van der Waals surface area contributed by atoms with Crippen molar-refractivity contribution >= 4 is 0 Å². The SMILES string of the molecule is CCCC[C@H]1C[C@H](OCCC(C)C)CN1. The molecule has 1 aliphatic heterocycles. The van der Waals surface area contributed by atoms with Crippen molar-refractivity contribution in [3.8, 4) is 0 Å². The van der Waals surface area contributed by atoms with Gasteiger partial charge in [0.15, 0.2) is 0 Å². The summed E-state index contributed by atoms with van der Waals surface area (Å²) in [4.78, 5) is 0. The third-order valence-corrected chi connectivity index (χ3v) is 3.14. The topological polar surface area (TPSA) is 21.3 Å². The predicted octanol–water partition coefficient (Wildman–Crippen LogP) is 2.97. The number of ether oxygens (including phenoxy) is 1. The van der Waals surface area contributed by atoms with Crippen LogP contribution in [0.5, 0.6) is 0 Å². The fraction of sp³-hybridized carbons (Fsp3) is 1.00. The molecule has 0 spiro atoms. The minimum Gasteiger partial charge on any atom is -0.377 e. The Morgan fingerprint density at radius 2 is 2.20 bits per heavy atom. The summed E-state index contributed by atoms with van der Waals surface area (Å²) in [7, 11) is 0. The van der Waals surface area contributed by atoms with Crippen LogP contribution >= 0.6 is 0 Å². The Balaban J connectivity index is 2.03. The predicted molar refractivity (Wildman–Crippen MR) is 65.1 cm³/mol. The van der Waals surface area contributed by atoms with E-state index in [9.17, 15) is 0 Å². The lowest BCUT2D eigenvalue weighted by Gasteiger charge is -2.12. The molecule has 0 aromatic heterocycles. The third-order valence-electron chi connectivity index (χ3n) is 3.14. The van der Waals surface area contributed by atoms with Crippen LogP contribution in [0.3, 0.4) is 0 Å². The van der Waals surface area contributed by atoms with Crippen molar-refractivity contribution in [2.45, 2.75) is 65.0 Å². The molecule has 1 rings (SSSR count). The van der Waals surface area contributed by atoms with Crippen molar-refractivity contribution in [3.05, 3.63) is 0 Å². The Morgan fingerprint density at radius 1 is 1.40 bits per heavy atom. The quantitative estimate of drug-likeness (QED) is 0.702. The molecule has 0 radical (unpaired) electrons. The molecule has 0 aromatic rings. The second-order valence-corrected chi connectivity index (χ2v) is 5.16. The minimum absolute atomic E-state index is 0.477. The molecule has 15 heavy (non-hydrogen) atoms. The fourth-order valence-electron chi connectivity index (χ4n) is 2.05. The van der Waals surface area contributed by atoms with Gasteiger partial charge in [-0.2, -0.15) is 0 Å². The highest BCUT2D eigenvalue weighted by Gasteiger charge is 2.23. The summed E-state index contributed by atoms with van der Waals surface area (Å²) in [6.07, 6.45) is 6.85. The maximum absolute atomic E-state index is 5.86. The zero-order valence-electron chi connectivity index (χ0n) is 10.6. The van der Waals surface area contributed by atoms with E-state index in [1.165, 1.54) is 32.1 Å². The Hall–Kier alpha value is -0.0800. The van der Waals surface area contributed by atoms with Crippen LogP contribution < -0.4 is 5.32 Å². The Labute approximate surface area is 94.8 Å². The average molecular weight is 213 g/mol. The van der Waals surface area contributed by atoms with Crippen molar-refractivity contribution in [1.29, 1.82) is 0 Å². The first-order valence-electron chi connectivity index (χ1n) is 6.57. The molecular weight excluding hydrogens is 186 g/mol. The Morgan fingerprint density at radius 3 is 2.87 bits per heavy atom. The molecular formula is C13H27NO. The standard InChI is InChI=1S/C13H27NO/c1-4-5-6-12-9-13(10-14-12)15-8-7-11(2)3/h11-14H,4-10H2,1-3H3/t12-,13-/m0/s1. The number of hydrogen-bond donors (Lipinski definition) is 1. The van der Waals surface area contributed by atoms with Gasteiger partial charge in [-0.25, -0.2) is 0 Å². The van der Waals surface area contributed by atoms with Gasteiger partial charge in [0.1, 0.15) is 0 Å². The molecule has 2 heteroatoms. The van der Waals surface area contributed by atoms with Gasteiger partial charge in [-0.15, -0.1) is 0 Å². The molecule has 0 unspecified atom stereocenters. The van der Waals surface area contributed by atoms with Gasteiger partial charge in [-0.3, -0.25) is 0 Å². The van der Waals surface area contributed by atoms with Crippen LogP contribution in [0.1, 0.15) is 52.9 Å². The summed E-state index contributed by atoms with van der Waals surface area (Å²) in [5.41, 5.74) is 0. The number of hydrogen-bond acceptors (Lipinski definition) is 2. The minimum atomic E-state index is 0.477. The molecule has 2 nitrogen and oxygen atoms in total. The molecule has 1 heterocycles. The summed E-state index contributed by atoms with van der Waals surface area (Å²) in [5, 5.41) is 3.55. The van der Waals surface area contributed by atoms with Crippen molar-refractivity contribution in [2.75, 3.05) is 13.2 Å². The maximum Gasteiger partial charge on any atom is 0.0714 e. The van der Waals surface area contributed by atoms with E-state index in [4.69, 9.17) is 4.74 Å². The van der Waals surface area contributed by atoms with Crippen LogP contribution in [0.15, 0.2) is 0 Å². The van der Waals surface area contributed by atoms with Gasteiger partial charge >= 0.3 is 0 Å². The van der Waals surface area contributed by atoms with Crippen molar-refractivity contribution in [1.82, 2.24) is 5.32 Å². The summed E-state index contributed by atoms with van der Waals surface area (Å²) in [6, 6.07) is 0.717. The largest absolute Gasteiger partial charge is 0.377 e. The highest BCUT2D eigenvalue weighted by atomic mass is 16.5. The molecule has 0 saturated carbocycles. The van der Waals surface area contributed by atoms with Crippen LogP contribution in [0.2, 0.25) is 0 Å². The lowest BCUT2D eigenvalue weighted by molar-refractivity contribution is 0.0580. The molecule has 1 saturated heterocycles. The van der Waals surface area contributed by atoms with Crippen molar-refractivity contribution < 1.29 is 4.74 Å². The first-order valence-corrected chi connectivity index (χ1v) is 6.57. The Kier molecular flexibility index (Phi) is 6.26. The normalized spacial score (nSPS) is 26.4. The molecule has 2 atom stereocenters. The molecule has 1 fully saturated rings. The summed E-state index contributed by atoms with van der Waals surface area (Å²) in [5.74, 6) is 0.759. The molecule has 1 N–H and O–H groups in total. The fourth-order valence-corrected chi connectivity index (χ4v) is 2.05. The molecule has 1 aliphatic rings. The molecule has 0 bridgehead atoms. The van der Waals surface area contributed by atoms with E-state index in [-0.39, 0.29) is 0 Å². The lowest BCUT2D eigenvalue weighted by atomic mass is 10.1. The van der Waals surface area contributed by atoms with E-state index >= 15 is 0 Å². The summed E-state index contributed by atoms with van der Waals surface area (Å²) < 4.78 is 5.86. The van der Waals surface area contributed by atoms with E-state index in [0.717, 1.165) is 19.1 Å². The van der Waals surface area contributed by atoms with E-state index in [2.05, 4.69) is 26.1 Å². The van der Waals surface area contributed by atoms with Gasteiger partial charge < -0.3 is 10.1 Å². The zero-order chi connectivity index (χ0) is 11.1. The highest BCUT2D eigenvalue weighted by molar-refractivity contribution is 4.82. The van der Waals surface area contributed by atoms with Crippen molar-refractivity contribution in [3.63, 3.8) is 0 Å². The van der Waals surface area contributed by atoms with E-state index in [1.54, 1.807) is 0 Å². The van der Waals surface area contributed by atoms with Crippen LogP contribution in [-0.4, -0.2) is 25.3 Å². The second kappa shape index (κ2) is 7.24. The van der Waals surface area contributed by atoms with Gasteiger partial charge in [0.25, 0.3) is 0 Å². The van der Waals surface area contributed by atoms with Crippen LogP contribution in [0.4, 0.5) is 0 Å². The zero-order valence-corrected chi connectivity index (χ0v) is 10.6. The average Bonchev–Trinajstić information content (AvgIpc) is 2.62. The molecule has 90 valence electrons. The second-order valence-electron chi connectivity index (χ2n) is 5.16. The van der Waals surface area contributed by atoms with Gasteiger partial charge in [-0.05, 0) is 25.2 Å². The van der Waals surface area contributed by atoms with Gasteiger partial charge in [0, 0.05) is 19.2 Å². The Bertz CT molecular complexity index is 159. The van der Waals surface area contributed by atoms with Gasteiger partial charge in [0.2, 0.25) is 0 Å². The smallest absolute Gasteiger partial charge is 0.0714 e. The van der Waals surface area contributed by atoms with Gasteiger partial charge in [0.05, 0.1) is 6.10 Å². The molecule has 0 aliphatic carbocycles. The van der Waals surface area contributed by atoms with E-state index in [1.807, 2.05) is 0 Å². The summed E-state index contributed by atoms with van der Waals surface area (Å²) >= 11 is 0. The number of unbranched alkanes of at least 4 members (excludes halogenated alkanes) is 1. The van der Waals surface area contributed by atoms with Gasteiger partial charge in [-0.1, -0.05) is 33.6 Å². The summed E-state index contributed by atoms with van der Waals surface area (Å²) in [6.45, 7) is 8.75. The maximum atomic E-state index is 5.86. The van der Waals surface area contributed by atoms with Crippen LogP contribution in [0.25, 0.3) is 0 Å². The first-order chi connectivity index (χ1) is 7.22. The van der Waals surface area contributed by atoms with Crippen LogP contribution in [-0.2, 0) is 4.74 Å². The number of nitrogens with one attached hydrogen (secondary N) is 1. The van der Waals surface area contributed by atoms with E-state index < -0.39 is 0 Å². The van der Waals surface area contributed by atoms with Crippen LogP contribution in [0, 0.1) is 5.92 Å². The first kappa shape index (κ1) is 13.0. The number of rotatable bonds is 7. The molecule has 0 aromatic carbocycles.